The molecule has 1 N–H and O–H groups in total. The number of carbonyl (C=O) groups is 1. The fourth-order valence-electron chi connectivity index (χ4n) is 2.59. The summed E-state index contributed by atoms with van der Waals surface area (Å²) in [6.07, 6.45) is 0.767. The molecule has 1 aromatic rings. The van der Waals surface area contributed by atoms with Crippen molar-refractivity contribution in [2.75, 3.05) is 25.0 Å². The van der Waals surface area contributed by atoms with Gasteiger partial charge in [-0.25, -0.2) is 8.78 Å². The van der Waals surface area contributed by atoms with Crippen LogP contribution in [0.5, 0.6) is 0 Å². The summed E-state index contributed by atoms with van der Waals surface area (Å²) in [5, 5.41) is 2.71. The third-order valence-corrected chi connectivity index (χ3v) is 4.12. The molecule has 1 saturated heterocycles. The minimum atomic E-state index is -0.716. The first-order chi connectivity index (χ1) is 9.93. The minimum Gasteiger partial charge on any atom is -0.380 e. The molecular weight excluding hydrogens is 274 g/mol. The second-order valence-electron chi connectivity index (χ2n) is 5.91. The largest absolute Gasteiger partial charge is 0.380 e. The van der Waals surface area contributed by atoms with E-state index in [1.54, 1.807) is 4.90 Å². The molecule has 2 atom stereocenters. The second-order valence-corrected chi connectivity index (χ2v) is 5.91. The lowest BCUT2D eigenvalue weighted by Gasteiger charge is -2.17. The van der Waals surface area contributed by atoms with Crippen molar-refractivity contribution < 1.29 is 13.6 Å². The highest BCUT2D eigenvalue weighted by molar-refractivity contribution is 5.94. The van der Waals surface area contributed by atoms with Gasteiger partial charge in [0.1, 0.15) is 17.3 Å². The Balaban J connectivity index is 2.19. The number of hydrogen-bond donors (Lipinski definition) is 1. The molecule has 2 unspecified atom stereocenters. The maximum atomic E-state index is 14.0. The zero-order chi connectivity index (χ0) is 15.6. The molecule has 5 heteroatoms. The van der Waals surface area contributed by atoms with Crippen molar-refractivity contribution in [2.45, 2.75) is 27.2 Å². The number of nitrogens with zero attached hydrogens (tertiary/aromatic N) is 1. The summed E-state index contributed by atoms with van der Waals surface area (Å²) in [6, 6.07) is 2.24. The van der Waals surface area contributed by atoms with E-state index in [1.807, 2.05) is 6.92 Å². The highest BCUT2D eigenvalue weighted by Crippen LogP contribution is 2.26. The maximum absolute atomic E-state index is 14.0. The van der Waals surface area contributed by atoms with Crippen LogP contribution >= 0.6 is 0 Å². The molecule has 3 nitrogen and oxygen atoms in total. The number of anilines is 1. The Morgan fingerprint density at radius 3 is 2.24 bits per heavy atom. The Kier molecular flexibility index (Phi) is 4.80. The zero-order valence-corrected chi connectivity index (χ0v) is 12.7. The van der Waals surface area contributed by atoms with E-state index >= 15 is 0 Å². The average Bonchev–Trinajstić information content (AvgIpc) is 2.77. The van der Waals surface area contributed by atoms with E-state index in [1.165, 1.54) is 0 Å². The van der Waals surface area contributed by atoms with Crippen molar-refractivity contribution in [1.29, 1.82) is 0 Å². The monoisotopic (exact) mass is 296 g/mol. The van der Waals surface area contributed by atoms with Crippen LogP contribution in [0, 0.1) is 23.5 Å². The van der Waals surface area contributed by atoms with Gasteiger partial charge in [0, 0.05) is 25.2 Å². The van der Waals surface area contributed by atoms with Gasteiger partial charge in [-0.3, -0.25) is 4.79 Å². The number of nitrogens with one attached hydrogen (secondary N) is 1. The maximum Gasteiger partial charge on any atom is 0.254 e. The molecular formula is C16H22F2N2O. The lowest BCUT2D eigenvalue weighted by atomic mass is 10.0. The van der Waals surface area contributed by atoms with Crippen LogP contribution < -0.4 is 5.32 Å². The fourth-order valence-corrected chi connectivity index (χ4v) is 2.59. The van der Waals surface area contributed by atoms with Gasteiger partial charge in [-0.05, 0) is 30.4 Å². The van der Waals surface area contributed by atoms with Gasteiger partial charge in [0.15, 0.2) is 0 Å². The number of amides is 1. The highest BCUT2D eigenvalue weighted by Gasteiger charge is 2.30. The van der Waals surface area contributed by atoms with Gasteiger partial charge < -0.3 is 10.2 Å². The van der Waals surface area contributed by atoms with Gasteiger partial charge in [0.25, 0.3) is 5.91 Å². The van der Waals surface area contributed by atoms with Crippen LogP contribution in [0.3, 0.4) is 0 Å². The van der Waals surface area contributed by atoms with Crippen molar-refractivity contribution in [2.24, 2.45) is 11.8 Å². The lowest BCUT2D eigenvalue weighted by Crippen LogP contribution is -2.29. The second kappa shape index (κ2) is 6.41. The van der Waals surface area contributed by atoms with Gasteiger partial charge in [-0.2, -0.15) is 0 Å². The lowest BCUT2D eigenvalue weighted by molar-refractivity contribution is 0.0784. The summed E-state index contributed by atoms with van der Waals surface area (Å²) < 4.78 is 27.9. The molecule has 116 valence electrons. The third kappa shape index (κ3) is 3.34. The van der Waals surface area contributed by atoms with E-state index < -0.39 is 11.6 Å². The van der Waals surface area contributed by atoms with Crippen molar-refractivity contribution >= 4 is 11.6 Å². The van der Waals surface area contributed by atoms with Crippen LogP contribution in [0.15, 0.2) is 12.1 Å². The quantitative estimate of drug-likeness (QED) is 0.922. The summed E-state index contributed by atoms with van der Waals surface area (Å²) in [4.78, 5) is 14.0. The predicted molar refractivity (Wildman–Crippen MR) is 79.4 cm³/mol. The van der Waals surface area contributed by atoms with Crippen molar-refractivity contribution in [1.82, 2.24) is 4.90 Å². The highest BCUT2D eigenvalue weighted by atomic mass is 19.1. The summed E-state index contributed by atoms with van der Waals surface area (Å²) in [6.45, 7) is 7.84. The average molecular weight is 296 g/mol. The predicted octanol–water partition coefficient (Wildman–Crippen LogP) is 3.51. The van der Waals surface area contributed by atoms with E-state index in [2.05, 4.69) is 19.2 Å². The first-order valence-corrected chi connectivity index (χ1v) is 7.46. The van der Waals surface area contributed by atoms with E-state index in [-0.39, 0.29) is 17.2 Å². The Bertz CT molecular complexity index is 500. The molecule has 1 aliphatic rings. The molecule has 0 spiro atoms. The van der Waals surface area contributed by atoms with Gasteiger partial charge in [0.05, 0.1) is 0 Å². The van der Waals surface area contributed by atoms with Gasteiger partial charge >= 0.3 is 0 Å². The Morgan fingerprint density at radius 2 is 1.76 bits per heavy atom. The standard InChI is InChI=1S/C16H22F2N2O/c1-4-5-19-15-13(17)6-12(7-14(15)18)16(21)20-8-10(2)11(3)9-20/h6-7,10-11,19H,4-5,8-9H2,1-3H3. The molecule has 1 heterocycles. The van der Waals surface area contributed by atoms with Crippen molar-refractivity contribution in [3.05, 3.63) is 29.3 Å². The molecule has 21 heavy (non-hydrogen) atoms. The zero-order valence-electron chi connectivity index (χ0n) is 12.7. The number of hydrogen-bond acceptors (Lipinski definition) is 2. The number of benzene rings is 1. The van der Waals surface area contributed by atoms with Crippen molar-refractivity contribution in [3.63, 3.8) is 0 Å². The molecule has 1 aliphatic heterocycles. The molecule has 2 rings (SSSR count). The van der Waals surface area contributed by atoms with Gasteiger partial charge in [-0.1, -0.05) is 20.8 Å². The molecule has 0 radical (unpaired) electrons. The van der Waals surface area contributed by atoms with E-state index in [4.69, 9.17) is 0 Å². The molecule has 1 aromatic carbocycles. The molecule has 1 fully saturated rings. The molecule has 0 aromatic heterocycles. The Morgan fingerprint density at radius 1 is 1.24 bits per heavy atom. The summed E-state index contributed by atoms with van der Waals surface area (Å²) in [5.41, 5.74) is -0.0788. The minimum absolute atomic E-state index is 0.0772. The van der Waals surface area contributed by atoms with Gasteiger partial charge in [0.2, 0.25) is 0 Å². The topological polar surface area (TPSA) is 32.3 Å². The fraction of sp³-hybridized carbons (Fsp3) is 0.562. The van der Waals surface area contributed by atoms with Crippen LogP contribution in [0.25, 0.3) is 0 Å². The van der Waals surface area contributed by atoms with Gasteiger partial charge in [-0.15, -0.1) is 0 Å². The number of carbonyl (C=O) groups excluding carboxylic acids is 1. The molecule has 0 bridgehead atoms. The summed E-state index contributed by atoms with van der Waals surface area (Å²) >= 11 is 0. The molecule has 0 aliphatic carbocycles. The number of rotatable bonds is 4. The molecule has 0 saturated carbocycles. The summed E-state index contributed by atoms with van der Waals surface area (Å²) in [7, 11) is 0. The first-order valence-electron chi connectivity index (χ1n) is 7.46. The SMILES string of the molecule is CCCNc1c(F)cc(C(=O)N2CC(C)C(C)C2)cc1F. The van der Waals surface area contributed by atoms with Crippen molar-refractivity contribution in [3.8, 4) is 0 Å². The van der Waals surface area contributed by atoms with Crippen LogP contribution in [0.2, 0.25) is 0 Å². The van der Waals surface area contributed by atoms with E-state index in [0.717, 1.165) is 18.6 Å². The van der Waals surface area contributed by atoms with E-state index in [0.29, 0.717) is 31.5 Å². The number of likely N-dealkylation sites (tertiary alicyclic amines) is 1. The third-order valence-electron chi connectivity index (χ3n) is 4.12. The van der Waals surface area contributed by atoms with Crippen LogP contribution in [0.1, 0.15) is 37.6 Å². The first kappa shape index (κ1) is 15.7. The van der Waals surface area contributed by atoms with Crippen LogP contribution in [0.4, 0.5) is 14.5 Å². The normalized spacial score (nSPS) is 21.7. The number of halogens is 2. The Labute approximate surface area is 124 Å². The van der Waals surface area contributed by atoms with Crippen LogP contribution in [-0.2, 0) is 0 Å². The molecule has 1 amide bonds. The van der Waals surface area contributed by atoms with E-state index in [9.17, 15) is 13.6 Å². The van der Waals surface area contributed by atoms with Crippen LogP contribution in [-0.4, -0.2) is 30.4 Å². The Hall–Kier alpha value is -1.65. The smallest absolute Gasteiger partial charge is 0.254 e. The summed E-state index contributed by atoms with van der Waals surface area (Å²) in [5.74, 6) is -0.909.